The Hall–Kier alpha value is -2.08. The van der Waals surface area contributed by atoms with Gasteiger partial charge in [-0.05, 0) is 26.0 Å². The van der Waals surface area contributed by atoms with Crippen LogP contribution < -0.4 is 10.5 Å². The van der Waals surface area contributed by atoms with Crippen LogP contribution in [0.15, 0.2) is 29.6 Å². The molecule has 2 aromatic rings. The number of hydrogen-bond donors (Lipinski definition) is 1. The molecule has 2 N–H and O–H groups in total. The lowest BCUT2D eigenvalue weighted by Gasteiger charge is -2.11. The van der Waals surface area contributed by atoms with E-state index in [2.05, 4.69) is 4.98 Å². The minimum absolute atomic E-state index is 0.130. The molecule has 20 heavy (non-hydrogen) atoms. The lowest BCUT2D eigenvalue weighted by Crippen LogP contribution is -2.18. The second-order valence-corrected chi connectivity index (χ2v) is 5.28. The second kappa shape index (κ2) is 6.38. The Labute approximate surface area is 121 Å². The molecule has 0 amide bonds. The molecule has 1 aromatic heterocycles. The second-order valence-electron chi connectivity index (χ2n) is 4.39. The predicted octanol–water partition coefficient (Wildman–Crippen LogP) is 2.72. The number of aromatic nitrogens is 1. The van der Waals surface area contributed by atoms with Crippen LogP contribution in [0.3, 0.4) is 0 Å². The average Bonchev–Trinajstić information content (AvgIpc) is 2.82. The van der Waals surface area contributed by atoms with E-state index in [0.29, 0.717) is 10.9 Å². The molecule has 106 valence electrons. The van der Waals surface area contributed by atoms with Gasteiger partial charge in [-0.1, -0.05) is 12.1 Å². The van der Waals surface area contributed by atoms with Crippen LogP contribution in [0, 0.1) is 0 Å². The van der Waals surface area contributed by atoms with Crippen molar-refractivity contribution in [2.75, 3.05) is 12.3 Å². The Morgan fingerprint density at radius 1 is 1.40 bits per heavy atom. The normalized spacial score (nSPS) is 10.6. The summed E-state index contributed by atoms with van der Waals surface area (Å²) in [6, 6.07) is 7.37. The van der Waals surface area contributed by atoms with E-state index in [1.165, 1.54) is 11.3 Å². The molecule has 0 aliphatic rings. The van der Waals surface area contributed by atoms with Gasteiger partial charge in [-0.15, -0.1) is 11.3 Å². The number of nitrogen functional groups attached to an aromatic ring is 1. The number of ether oxygens (including phenoxy) is 2. The van der Waals surface area contributed by atoms with Crippen LogP contribution in [0.4, 0.5) is 5.13 Å². The number of esters is 1. The molecule has 0 fully saturated rings. The Morgan fingerprint density at radius 3 is 2.80 bits per heavy atom. The van der Waals surface area contributed by atoms with Crippen LogP contribution in [0.25, 0.3) is 11.3 Å². The van der Waals surface area contributed by atoms with Crippen molar-refractivity contribution in [3.05, 3.63) is 29.6 Å². The number of carbonyl (C=O) groups excluding carboxylic acids is 1. The van der Waals surface area contributed by atoms with Gasteiger partial charge in [0.1, 0.15) is 5.75 Å². The summed E-state index contributed by atoms with van der Waals surface area (Å²) in [6.07, 6.45) is -0.153. The highest BCUT2D eigenvalue weighted by atomic mass is 32.1. The molecule has 0 bridgehead atoms. The van der Waals surface area contributed by atoms with E-state index in [1.807, 2.05) is 23.6 Å². The number of carbonyl (C=O) groups is 1. The van der Waals surface area contributed by atoms with E-state index in [9.17, 15) is 4.79 Å². The summed E-state index contributed by atoms with van der Waals surface area (Å²) >= 11 is 1.36. The molecular weight excluding hydrogens is 276 g/mol. The molecule has 1 aromatic carbocycles. The van der Waals surface area contributed by atoms with Crippen molar-refractivity contribution in [2.45, 2.75) is 20.0 Å². The number of nitrogens with two attached hydrogens (primary N) is 1. The maximum atomic E-state index is 11.5. The number of rotatable bonds is 5. The Bertz CT molecular complexity index is 596. The Kier molecular flexibility index (Phi) is 4.57. The SMILES string of the molecule is CC(C)OC(=O)COc1ccccc1-c1csc(N)n1. The Morgan fingerprint density at radius 2 is 2.15 bits per heavy atom. The predicted molar refractivity (Wildman–Crippen MR) is 78.7 cm³/mol. The molecule has 0 unspecified atom stereocenters. The molecule has 5 nitrogen and oxygen atoms in total. The number of anilines is 1. The lowest BCUT2D eigenvalue weighted by molar-refractivity contribution is -0.149. The van der Waals surface area contributed by atoms with Gasteiger partial charge < -0.3 is 15.2 Å². The maximum absolute atomic E-state index is 11.5. The van der Waals surface area contributed by atoms with Gasteiger partial charge in [-0.2, -0.15) is 0 Å². The summed E-state index contributed by atoms with van der Waals surface area (Å²) < 4.78 is 10.5. The third-order valence-corrected chi connectivity index (χ3v) is 3.07. The third-order valence-electron chi connectivity index (χ3n) is 2.40. The van der Waals surface area contributed by atoms with Crippen LogP contribution in [0.5, 0.6) is 5.75 Å². The first kappa shape index (κ1) is 14.3. The largest absolute Gasteiger partial charge is 0.481 e. The van der Waals surface area contributed by atoms with Crippen molar-refractivity contribution < 1.29 is 14.3 Å². The van der Waals surface area contributed by atoms with Crippen molar-refractivity contribution in [3.8, 4) is 17.0 Å². The fraction of sp³-hybridized carbons (Fsp3) is 0.286. The van der Waals surface area contributed by atoms with E-state index < -0.39 is 5.97 Å². The first-order valence-corrected chi connectivity index (χ1v) is 7.07. The zero-order chi connectivity index (χ0) is 14.5. The molecule has 2 rings (SSSR count). The minimum atomic E-state index is -0.396. The number of benzene rings is 1. The molecule has 1 heterocycles. The number of thiazole rings is 1. The van der Waals surface area contributed by atoms with E-state index in [0.717, 1.165) is 11.3 Å². The first-order valence-electron chi connectivity index (χ1n) is 6.19. The highest BCUT2D eigenvalue weighted by molar-refractivity contribution is 7.13. The van der Waals surface area contributed by atoms with E-state index in [1.54, 1.807) is 19.9 Å². The van der Waals surface area contributed by atoms with Gasteiger partial charge in [0.25, 0.3) is 0 Å². The fourth-order valence-corrected chi connectivity index (χ4v) is 2.21. The Balaban J connectivity index is 2.11. The zero-order valence-corrected chi connectivity index (χ0v) is 12.1. The smallest absolute Gasteiger partial charge is 0.344 e. The summed E-state index contributed by atoms with van der Waals surface area (Å²) in [4.78, 5) is 15.7. The molecule has 0 aliphatic heterocycles. The van der Waals surface area contributed by atoms with E-state index in [4.69, 9.17) is 15.2 Å². The topological polar surface area (TPSA) is 74.4 Å². The van der Waals surface area contributed by atoms with Gasteiger partial charge in [-0.3, -0.25) is 0 Å². The van der Waals surface area contributed by atoms with Crippen molar-refractivity contribution in [1.82, 2.24) is 4.98 Å². The maximum Gasteiger partial charge on any atom is 0.344 e. The lowest BCUT2D eigenvalue weighted by atomic mass is 10.1. The number of para-hydroxylation sites is 1. The summed E-state index contributed by atoms with van der Waals surface area (Å²) in [5.41, 5.74) is 7.18. The van der Waals surface area contributed by atoms with Crippen molar-refractivity contribution >= 4 is 22.4 Å². The van der Waals surface area contributed by atoms with Crippen molar-refractivity contribution in [2.24, 2.45) is 0 Å². The summed E-state index contributed by atoms with van der Waals surface area (Å²) in [5.74, 6) is 0.186. The molecular formula is C14H16N2O3S. The summed E-state index contributed by atoms with van der Waals surface area (Å²) in [5, 5.41) is 2.35. The highest BCUT2D eigenvalue weighted by Crippen LogP contribution is 2.31. The van der Waals surface area contributed by atoms with Crippen LogP contribution >= 0.6 is 11.3 Å². The number of hydrogen-bond acceptors (Lipinski definition) is 6. The van der Waals surface area contributed by atoms with E-state index >= 15 is 0 Å². The van der Waals surface area contributed by atoms with Crippen LogP contribution in [-0.2, 0) is 9.53 Å². The van der Waals surface area contributed by atoms with Gasteiger partial charge in [0.05, 0.1) is 11.8 Å². The molecule has 0 aliphatic carbocycles. The third kappa shape index (κ3) is 3.71. The monoisotopic (exact) mass is 292 g/mol. The van der Waals surface area contributed by atoms with Gasteiger partial charge >= 0.3 is 5.97 Å². The van der Waals surface area contributed by atoms with Crippen LogP contribution in [0.2, 0.25) is 0 Å². The summed E-state index contributed by atoms with van der Waals surface area (Å²) in [6.45, 7) is 3.46. The molecule has 0 saturated carbocycles. The van der Waals surface area contributed by atoms with E-state index in [-0.39, 0.29) is 12.7 Å². The molecule has 0 saturated heterocycles. The van der Waals surface area contributed by atoms with Gasteiger partial charge in [0.2, 0.25) is 0 Å². The standard InChI is InChI=1S/C14H16N2O3S/c1-9(2)19-13(17)7-18-12-6-4-3-5-10(12)11-8-20-14(15)16-11/h3-6,8-9H,7H2,1-2H3,(H2,15,16). The van der Waals surface area contributed by atoms with Crippen molar-refractivity contribution in [1.29, 1.82) is 0 Å². The highest BCUT2D eigenvalue weighted by Gasteiger charge is 2.12. The van der Waals surface area contributed by atoms with Gasteiger partial charge in [0.15, 0.2) is 11.7 Å². The van der Waals surface area contributed by atoms with Crippen LogP contribution in [0.1, 0.15) is 13.8 Å². The quantitative estimate of drug-likeness (QED) is 0.858. The molecule has 0 radical (unpaired) electrons. The molecule has 0 spiro atoms. The van der Waals surface area contributed by atoms with Crippen molar-refractivity contribution in [3.63, 3.8) is 0 Å². The molecule has 6 heteroatoms. The minimum Gasteiger partial charge on any atom is -0.481 e. The number of nitrogens with zero attached hydrogens (tertiary/aromatic N) is 1. The summed E-state index contributed by atoms with van der Waals surface area (Å²) in [7, 11) is 0. The van der Waals surface area contributed by atoms with Crippen LogP contribution in [-0.4, -0.2) is 23.7 Å². The van der Waals surface area contributed by atoms with Gasteiger partial charge in [0, 0.05) is 10.9 Å². The molecule has 0 atom stereocenters. The zero-order valence-electron chi connectivity index (χ0n) is 11.3. The first-order chi connectivity index (χ1) is 9.56. The average molecular weight is 292 g/mol. The van der Waals surface area contributed by atoms with Gasteiger partial charge in [-0.25, -0.2) is 9.78 Å². The fourth-order valence-electron chi connectivity index (χ4n) is 1.65.